The fraction of sp³-hybridized carbons (Fsp3) is 0.200. The summed E-state index contributed by atoms with van der Waals surface area (Å²) in [5, 5.41) is 4.88. The van der Waals surface area contributed by atoms with Crippen LogP contribution in [0.15, 0.2) is 28.9 Å². The van der Waals surface area contributed by atoms with Crippen molar-refractivity contribution in [2.75, 3.05) is 7.05 Å². The van der Waals surface area contributed by atoms with Crippen LogP contribution in [0.4, 0.5) is 0 Å². The molecule has 1 aromatic carbocycles. The molecular weight excluding hydrogens is 186 g/mol. The highest BCUT2D eigenvalue weighted by atomic mass is 35.5. The first kappa shape index (κ1) is 8.60. The Labute approximate surface area is 81.5 Å². The van der Waals surface area contributed by atoms with Crippen molar-refractivity contribution in [1.82, 2.24) is 5.32 Å². The van der Waals surface area contributed by atoms with Gasteiger partial charge in [-0.15, -0.1) is 0 Å². The standard InChI is InChI=1S/C10H10ClNO/c1-12-6-8-5-9(11)4-7-2-3-13-10(7)8/h2-5,12H,6H2,1H3. The molecule has 0 radical (unpaired) electrons. The van der Waals surface area contributed by atoms with E-state index in [1.807, 2.05) is 25.2 Å². The predicted molar refractivity (Wildman–Crippen MR) is 54.0 cm³/mol. The Balaban J connectivity index is 2.63. The van der Waals surface area contributed by atoms with Crippen LogP contribution in [0.5, 0.6) is 0 Å². The molecule has 0 aliphatic heterocycles. The van der Waals surface area contributed by atoms with Gasteiger partial charge in [0, 0.05) is 22.5 Å². The van der Waals surface area contributed by atoms with Gasteiger partial charge in [-0.25, -0.2) is 0 Å². The number of nitrogens with one attached hydrogen (secondary N) is 1. The summed E-state index contributed by atoms with van der Waals surface area (Å²) in [6, 6.07) is 5.74. The lowest BCUT2D eigenvalue weighted by atomic mass is 10.1. The minimum absolute atomic E-state index is 0.749. The van der Waals surface area contributed by atoms with Gasteiger partial charge >= 0.3 is 0 Å². The first-order valence-corrected chi connectivity index (χ1v) is 4.49. The van der Waals surface area contributed by atoms with E-state index in [1.54, 1.807) is 6.26 Å². The van der Waals surface area contributed by atoms with Crippen LogP contribution >= 0.6 is 11.6 Å². The Morgan fingerprint density at radius 3 is 3.08 bits per heavy atom. The fourth-order valence-corrected chi connectivity index (χ4v) is 1.69. The van der Waals surface area contributed by atoms with Crippen molar-refractivity contribution >= 4 is 22.6 Å². The van der Waals surface area contributed by atoms with Crippen molar-refractivity contribution in [3.8, 4) is 0 Å². The lowest BCUT2D eigenvalue weighted by Crippen LogP contribution is -2.04. The van der Waals surface area contributed by atoms with E-state index in [-0.39, 0.29) is 0 Å². The van der Waals surface area contributed by atoms with Gasteiger partial charge in [0.1, 0.15) is 5.58 Å². The summed E-state index contributed by atoms with van der Waals surface area (Å²) >= 11 is 5.95. The Morgan fingerprint density at radius 2 is 2.31 bits per heavy atom. The van der Waals surface area contributed by atoms with Crippen LogP contribution in [0.2, 0.25) is 5.02 Å². The van der Waals surface area contributed by atoms with Crippen LogP contribution in [0, 0.1) is 0 Å². The molecule has 2 rings (SSSR count). The Hall–Kier alpha value is -0.990. The van der Waals surface area contributed by atoms with Gasteiger partial charge in [-0.1, -0.05) is 11.6 Å². The smallest absolute Gasteiger partial charge is 0.138 e. The summed E-state index contributed by atoms with van der Waals surface area (Å²) in [7, 11) is 1.90. The summed E-state index contributed by atoms with van der Waals surface area (Å²) in [5.74, 6) is 0. The van der Waals surface area contributed by atoms with Gasteiger partial charge in [-0.05, 0) is 25.2 Å². The van der Waals surface area contributed by atoms with Gasteiger partial charge in [0.2, 0.25) is 0 Å². The zero-order chi connectivity index (χ0) is 9.26. The predicted octanol–water partition coefficient (Wildman–Crippen LogP) is 2.81. The number of rotatable bonds is 2. The van der Waals surface area contributed by atoms with Gasteiger partial charge in [-0.2, -0.15) is 0 Å². The molecule has 0 aliphatic rings. The highest BCUT2D eigenvalue weighted by Crippen LogP contribution is 2.24. The van der Waals surface area contributed by atoms with Crippen molar-refractivity contribution in [2.24, 2.45) is 0 Å². The maximum absolute atomic E-state index is 5.95. The van der Waals surface area contributed by atoms with Crippen molar-refractivity contribution in [3.05, 3.63) is 35.0 Å². The zero-order valence-corrected chi connectivity index (χ0v) is 8.06. The molecule has 0 saturated carbocycles. The molecule has 0 spiro atoms. The molecule has 0 aliphatic carbocycles. The SMILES string of the molecule is CNCc1cc(Cl)cc2ccoc12. The summed E-state index contributed by atoms with van der Waals surface area (Å²) in [4.78, 5) is 0. The molecule has 0 saturated heterocycles. The molecule has 0 atom stereocenters. The molecule has 2 nitrogen and oxygen atoms in total. The molecule has 13 heavy (non-hydrogen) atoms. The molecular formula is C10H10ClNO. The van der Waals surface area contributed by atoms with E-state index in [0.717, 1.165) is 28.1 Å². The Morgan fingerprint density at radius 1 is 1.46 bits per heavy atom. The van der Waals surface area contributed by atoms with Crippen LogP contribution in [0.3, 0.4) is 0 Å². The van der Waals surface area contributed by atoms with E-state index < -0.39 is 0 Å². The van der Waals surface area contributed by atoms with Crippen molar-refractivity contribution < 1.29 is 4.42 Å². The van der Waals surface area contributed by atoms with E-state index in [4.69, 9.17) is 16.0 Å². The molecule has 2 aromatic rings. The number of halogens is 1. The first-order chi connectivity index (χ1) is 6.31. The average Bonchev–Trinajstić information content (AvgIpc) is 2.52. The third kappa shape index (κ3) is 1.55. The van der Waals surface area contributed by atoms with Gasteiger partial charge in [0.15, 0.2) is 0 Å². The number of furan rings is 1. The monoisotopic (exact) mass is 195 g/mol. The summed E-state index contributed by atoms with van der Waals surface area (Å²) in [6.45, 7) is 0.768. The van der Waals surface area contributed by atoms with Crippen molar-refractivity contribution in [3.63, 3.8) is 0 Å². The normalized spacial score (nSPS) is 10.9. The van der Waals surface area contributed by atoms with Crippen LogP contribution in [0.1, 0.15) is 5.56 Å². The van der Waals surface area contributed by atoms with Crippen LogP contribution in [-0.4, -0.2) is 7.05 Å². The molecule has 0 unspecified atom stereocenters. The maximum atomic E-state index is 5.95. The Bertz CT molecular complexity index is 422. The fourth-order valence-electron chi connectivity index (χ4n) is 1.44. The van der Waals surface area contributed by atoms with Crippen LogP contribution in [-0.2, 0) is 6.54 Å². The molecule has 1 aromatic heterocycles. The summed E-state index contributed by atoms with van der Waals surface area (Å²) < 4.78 is 5.36. The molecule has 1 N–H and O–H groups in total. The van der Waals surface area contributed by atoms with Crippen LogP contribution in [0.25, 0.3) is 11.0 Å². The molecule has 68 valence electrons. The third-order valence-electron chi connectivity index (χ3n) is 1.96. The van der Waals surface area contributed by atoms with Gasteiger partial charge in [-0.3, -0.25) is 0 Å². The minimum atomic E-state index is 0.749. The van der Waals surface area contributed by atoms with E-state index in [2.05, 4.69) is 5.32 Å². The third-order valence-corrected chi connectivity index (χ3v) is 2.18. The molecule has 0 bridgehead atoms. The quantitative estimate of drug-likeness (QED) is 0.797. The molecule has 0 amide bonds. The lowest BCUT2D eigenvalue weighted by Gasteiger charge is -2.01. The second-order valence-electron chi connectivity index (χ2n) is 2.93. The van der Waals surface area contributed by atoms with Crippen molar-refractivity contribution in [1.29, 1.82) is 0 Å². The topological polar surface area (TPSA) is 25.2 Å². The van der Waals surface area contributed by atoms with Gasteiger partial charge in [0.05, 0.1) is 6.26 Å². The number of hydrogen-bond donors (Lipinski definition) is 1. The average molecular weight is 196 g/mol. The van der Waals surface area contributed by atoms with Crippen LogP contribution < -0.4 is 5.32 Å². The first-order valence-electron chi connectivity index (χ1n) is 4.11. The second kappa shape index (κ2) is 3.40. The second-order valence-corrected chi connectivity index (χ2v) is 3.37. The van der Waals surface area contributed by atoms with Gasteiger partial charge in [0.25, 0.3) is 0 Å². The minimum Gasteiger partial charge on any atom is -0.464 e. The zero-order valence-electron chi connectivity index (χ0n) is 7.30. The maximum Gasteiger partial charge on any atom is 0.138 e. The van der Waals surface area contributed by atoms with E-state index >= 15 is 0 Å². The number of benzene rings is 1. The van der Waals surface area contributed by atoms with E-state index in [9.17, 15) is 0 Å². The summed E-state index contributed by atoms with van der Waals surface area (Å²) in [6.07, 6.45) is 1.68. The van der Waals surface area contributed by atoms with E-state index in [1.165, 1.54) is 0 Å². The van der Waals surface area contributed by atoms with E-state index in [0.29, 0.717) is 0 Å². The number of hydrogen-bond acceptors (Lipinski definition) is 2. The van der Waals surface area contributed by atoms with Gasteiger partial charge < -0.3 is 9.73 Å². The Kier molecular flexibility index (Phi) is 2.25. The highest BCUT2D eigenvalue weighted by Gasteiger charge is 2.04. The van der Waals surface area contributed by atoms with Crippen molar-refractivity contribution in [2.45, 2.75) is 6.54 Å². The number of fused-ring (bicyclic) bond motifs is 1. The highest BCUT2D eigenvalue weighted by molar-refractivity contribution is 6.31. The largest absolute Gasteiger partial charge is 0.464 e. The molecule has 1 heterocycles. The molecule has 3 heteroatoms. The molecule has 0 fully saturated rings. The lowest BCUT2D eigenvalue weighted by molar-refractivity contribution is 0.608. The summed E-state index contributed by atoms with van der Waals surface area (Å²) in [5.41, 5.74) is 2.01.